The van der Waals surface area contributed by atoms with Crippen molar-refractivity contribution in [1.29, 1.82) is 0 Å². The molecule has 0 spiro atoms. The van der Waals surface area contributed by atoms with Gasteiger partial charge in [-0.2, -0.15) is 11.8 Å². The molecule has 0 unspecified atom stereocenters. The molecule has 0 saturated carbocycles. The molecule has 0 atom stereocenters. The summed E-state index contributed by atoms with van der Waals surface area (Å²) in [6.45, 7) is 0.954. The zero-order valence-electron chi connectivity index (χ0n) is 9.66. The molecule has 5 nitrogen and oxygen atoms in total. The SMILES string of the molecule is CN(C)CCc1nc2c(c(NN)n1)CSC2. The summed E-state index contributed by atoms with van der Waals surface area (Å²) in [4.78, 5) is 11.2. The summed E-state index contributed by atoms with van der Waals surface area (Å²) < 4.78 is 0. The van der Waals surface area contributed by atoms with Gasteiger partial charge in [-0.1, -0.05) is 0 Å². The van der Waals surface area contributed by atoms with Gasteiger partial charge < -0.3 is 10.3 Å². The Hall–Kier alpha value is -0.850. The van der Waals surface area contributed by atoms with Crippen molar-refractivity contribution < 1.29 is 0 Å². The van der Waals surface area contributed by atoms with Gasteiger partial charge in [-0.25, -0.2) is 15.8 Å². The quantitative estimate of drug-likeness (QED) is 0.593. The molecule has 0 aromatic carbocycles. The van der Waals surface area contributed by atoms with Crippen LogP contribution in [-0.4, -0.2) is 35.5 Å². The average Bonchev–Trinajstić information content (AvgIpc) is 2.73. The van der Waals surface area contributed by atoms with Gasteiger partial charge in [0.2, 0.25) is 0 Å². The predicted molar refractivity (Wildman–Crippen MR) is 67.1 cm³/mol. The van der Waals surface area contributed by atoms with Crippen molar-refractivity contribution in [3.05, 3.63) is 17.1 Å². The first kappa shape index (κ1) is 11.6. The number of hydrazine groups is 1. The number of anilines is 1. The van der Waals surface area contributed by atoms with Gasteiger partial charge in [-0.3, -0.25) is 0 Å². The molecular formula is C10H17N5S. The lowest BCUT2D eigenvalue weighted by Gasteiger charge is -2.11. The molecule has 0 amide bonds. The fraction of sp³-hybridized carbons (Fsp3) is 0.600. The third kappa shape index (κ3) is 2.45. The molecule has 0 fully saturated rings. The maximum absolute atomic E-state index is 5.49. The highest BCUT2D eigenvalue weighted by molar-refractivity contribution is 7.98. The summed E-state index contributed by atoms with van der Waals surface area (Å²) >= 11 is 1.86. The Balaban J connectivity index is 2.20. The van der Waals surface area contributed by atoms with Crippen LogP contribution in [0.3, 0.4) is 0 Å². The van der Waals surface area contributed by atoms with E-state index < -0.39 is 0 Å². The molecule has 0 saturated heterocycles. The first-order valence-electron chi connectivity index (χ1n) is 5.28. The van der Waals surface area contributed by atoms with Crippen LogP contribution in [0, 0.1) is 0 Å². The number of thioether (sulfide) groups is 1. The molecule has 16 heavy (non-hydrogen) atoms. The van der Waals surface area contributed by atoms with Crippen LogP contribution in [0.5, 0.6) is 0 Å². The van der Waals surface area contributed by atoms with Crippen LogP contribution in [0.2, 0.25) is 0 Å². The predicted octanol–water partition coefficient (Wildman–Crippen LogP) is 0.613. The van der Waals surface area contributed by atoms with E-state index in [9.17, 15) is 0 Å². The van der Waals surface area contributed by atoms with E-state index in [0.717, 1.165) is 41.8 Å². The van der Waals surface area contributed by atoms with E-state index >= 15 is 0 Å². The number of nitrogen functional groups attached to an aromatic ring is 1. The highest BCUT2D eigenvalue weighted by Gasteiger charge is 2.19. The topological polar surface area (TPSA) is 67.1 Å². The standard InChI is InChI=1S/C10H17N5S/c1-15(2)4-3-9-12-8-6-16-5-7(8)10(13-9)14-11/h3-6,11H2,1-2H3,(H,12,13,14). The third-order valence-corrected chi connectivity index (χ3v) is 3.51. The molecule has 2 heterocycles. The van der Waals surface area contributed by atoms with Crippen molar-refractivity contribution in [3.8, 4) is 0 Å². The van der Waals surface area contributed by atoms with Crippen molar-refractivity contribution in [1.82, 2.24) is 14.9 Å². The van der Waals surface area contributed by atoms with E-state index in [0.29, 0.717) is 0 Å². The Morgan fingerprint density at radius 1 is 1.38 bits per heavy atom. The van der Waals surface area contributed by atoms with Gasteiger partial charge in [0.1, 0.15) is 11.6 Å². The van der Waals surface area contributed by atoms with Gasteiger partial charge in [0.05, 0.1) is 5.69 Å². The van der Waals surface area contributed by atoms with Crippen LogP contribution in [-0.2, 0) is 17.9 Å². The number of nitrogens with one attached hydrogen (secondary N) is 1. The number of rotatable bonds is 4. The Labute approximate surface area is 99.8 Å². The molecule has 0 radical (unpaired) electrons. The van der Waals surface area contributed by atoms with Crippen LogP contribution < -0.4 is 11.3 Å². The first-order chi connectivity index (χ1) is 7.70. The molecule has 3 N–H and O–H groups in total. The molecule has 0 bridgehead atoms. The summed E-state index contributed by atoms with van der Waals surface area (Å²) in [5.74, 6) is 9.10. The second-order valence-corrected chi connectivity index (χ2v) is 5.09. The molecule has 2 rings (SSSR count). The maximum Gasteiger partial charge on any atom is 0.148 e. The van der Waals surface area contributed by atoms with Crippen molar-refractivity contribution in [2.24, 2.45) is 5.84 Å². The third-order valence-electron chi connectivity index (χ3n) is 2.54. The number of aromatic nitrogens is 2. The van der Waals surface area contributed by atoms with E-state index in [1.54, 1.807) is 0 Å². The van der Waals surface area contributed by atoms with Crippen molar-refractivity contribution in [2.45, 2.75) is 17.9 Å². The first-order valence-corrected chi connectivity index (χ1v) is 6.44. The van der Waals surface area contributed by atoms with Crippen molar-refractivity contribution in [2.75, 3.05) is 26.1 Å². The zero-order valence-corrected chi connectivity index (χ0v) is 10.5. The van der Waals surface area contributed by atoms with Crippen molar-refractivity contribution in [3.63, 3.8) is 0 Å². The lowest BCUT2D eigenvalue weighted by Crippen LogP contribution is -2.18. The van der Waals surface area contributed by atoms with Crippen LogP contribution in [0.25, 0.3) is 0 Å². The summed E-state index contributed by atoms with van der Waals surface area (Å²) in [5, 5.41) is 0. The molecule has 0 aliphatic carbocycles. The molecule has 6 heteroatoms. The molecular weight excluding hydrogens is 222 g/mol. The van der Waals surface area contributed by atoms with Crippen LogP contribution in [0.1, 0.15) is 17.1 Å². The van der Waals surface area contributed by atoms with Crippen LogP contribution in [0.15, 0.2) is 0 Å². The fourth-order valence-corrected chi connectivity index (χ4v) is 2.70. The minimum Gasteiger partial charge on any atom is -0.309 e. The summed E-state index contributed by atoms with van der Waals surface area (Å²) in [7, 11) is 4.09. The number of nitrogens with two attached hydrogens (primary N) is 1. The Kier molecular flexibility index (Phi) is 3.63. The monoisotopic (exact) mass is 239 g/mol. The Bertz CT molecular complexity index is 380. The smallest absolute Gasteiger partial charge is 0.148 e. The van der Waals surface area contributed by atoms with Crippen LogP contribution in [0.4, 0.5) is 5.82 Å². The van der Waals surface area contributed by atoms with E-state index in [4.69, 9.17) is 5.84 Å². The van der Waals surface area contributed by atoms with Crippen molar-refractivity contribution >= 4 is 17.6 Å². The average molecular weight is 239 g/mol. The van der Waals surface area contributed by atoms with Gasteiger partial charge in [0, 0.05) is 30.0 Å². The summed E-state index contributed by atoms with van der Waals surface area (Å²) in [5.41, 5.74) is 4.99. The number of likely N-dealkylation sites (N-methyl/N-ethyl adjacent to an activating group) is 1. The Morgan fingerprint density at radius 3 is 2.88 bits per heavy atom. The van der Waals surface area contributed by atoms with E-state index in [1.807, 2.05) is 25.9 Å². The van der Waals surface area contributed by atoms with Crippen LogP contribution >= 0.6 is 11.8 Å². The van der Waals surface area contributed by atoms with Gasteiger partial charge in [0.25, 0.3) is 0 Å². The molecule has 1 aliphatic heterocycles. The molecule has 88 valence electrons. The van der Waals surface area contributed by atoms with E-state index in [1.165, 1.54) is 5.56 Å². The highest BCUT2D eigenvalue weighted by Crippen LogP contribution is 2.32. The molecule has 1 aliphatic rings. The molecule has 1 aromatic heterocycles. The Morgan fingerprint density at radius 2 is 2.19 bits per heavy atom. The maximum atomic E-state index is 5.49. The second-order valence-electron chi connectivity index (χ2n) is 4.10. The minimum atomic E-state index is 0.795. The summed E-state index contributed by atoms with van der Waals surface area (Å²) in [6.07, 6.45) is 0.861. The zero-order chi connectivity index (χ0) is 11.5. The highest BCUT2D eigenvalue weighted by atomic mass is 32.2. The normalized spacial score (nSPS) is 14.2. The number of fused-ring (bicyclic) bond motifs is 1. The largest absolute Gasteiger partial charge is 0.309 e. The van der Waals surface area contributed by atoms with Gasteiger partial charge in [0.15, 0.2) is 0 Å². The second kappa shape index (κ2) is 4.99. The van der Waals surface area contributed by atoms with Gasteiger partial charge >= 0.3 is 0 Å². The number of hydrogen-bond donors (Lipinski definition) is 2. The number of nitrogens with zero attached hydrogens (tertiary/aromatic N) is 3. The van der Waals surface area contributed by atoms with E-state index in [2.05, 4.69) is 20.3 Å². The van der Waals surface area contributed by atoms with Gasteiger partial charge in [-0.05, 0) is 14.1 Å². The molecule has 1 aromatic rings. The minimum absolute atomic E-state index is 0.795. The lowest BCUT2D eigenvalue weighted by molar-refractivity contribution is 0.409. The van der Waals surface area contributed by atoms with Gasteiger partial charge in [-0.15, -0.1) is 0 Å². The lowest BCUT2D eigenvalue weighted by atomic mass is 10.2. The van der Waals surface area contributed by atoms with E-state index in [-0.39, 0.29) is 0 Å². The summed E-state index contributed by atoms with van der Waals surface area (Å²) in [6, 6.07) is 0. The number of hydrogen-bond acceptors (Lipinski definition) is 6. The fourth-order valence-electron chi connectivity index (χ4n) is 1.66.